The van der Waals surface area contributed by atoms with Gasteiger partial charge in [0.25, 0.3) is 0 Å². The maximum absolute atomic E-state index is 6.28. The van der Waals surface area contributed by atoms with Crippen LogP contribution in [0.25, 0.3) is 0 Å². The SMILES string of the molecule is CCNC(c1cscn1)c1c(Cl)cnn1CCOC. The predicted molar refractivity (Wildman–Crippen MR) is 76.7 cm³/mol. The Morgan fingerprint density at radius 1 is 1.58 bits per heavy atom. The molecule has 0 saturated carbocycles. The molecule has 0 amide bonds. The Morgan fingerprint density at radius 3 is 3.05 bits per heavy atom. The fraction of sp³-hybridized carbons (Fsp3) is 0.500. The van der Waals surface area contributed by atoms with Crippen molar-refractivity contribution >= 4 is 22.9 Å². The molecule has 7 heteroatoms. The van der Waals surface area contributed by atoms with Crippen LogP contribution in [0.3, 0.4) is 0 Å². The van der Waals surface area contributed by atoms with E-state index in [1.165, 1.54) is 0 Å². The summed E-state index contributed by atoms with van der Waals surface area (Å²) in [6.07, 6.45) is 1.67. The van der Waals surface area contributed by atoms with Crippen molar-refractivity contribution < 1.29 is 4.74 Å². The molecule has 1 N–H and O–H groups in total. The van der Waals surface area contributed by atoms with E-state index in [-0.39, 0.29) is 6.04 Å². The van der Waals surface area contributed by atoms with Crippen LogP contribution in [0.2, 0.25) is 5.02 Å². The molecule has 0 bridgehead atoms. The van der Waals surface area contributed by atoms with Crippen LogP contribution in [-0.2, 0) is 11.3 Å². The van der Waals surface area contributed by atoms with Crippen LogP contribution in [0.1, 0.15) is 24.4 Å². The lowest BCUT2D eigenvalue weighted by Gasteiger charge is -2.18. The van der Waals surface area contributed by atoms with Crippen molar-refractivity contribution in [3.05, 3.63) is 33.5 Å². The Kier molecular flexibility index (Phi) is 5.33. The lowest BCUT2D eigenvalue weighted by molar-refractivity contribution is 0.182. The highest BCUT2D eigenvalue weighted by molar-refractivity contribution is 7.07. The second-order valence-corrected chi connectivity index (χ2v) is 5.12. The number of rotatable bonds is 7. The van der Waals surface area contributed by atoms with E-state index in [1.807, 2.05) is 15.6 Å². The molecule has 0 aliphatic rings. The minimum Gasteiger partial charge on any atom is -0.383 e. The topological polar surface area (TPSA) is 52.0 Å². The Bertz CT molecular complexity index is 500. The lowest BCUT2D eigenvalue weighted by atomic mass is 10.1. The minimum absolute atomic E-state index is 0.0388. The van der Waals surface area contributed by atoms with Gasteiger partial charge in [0.15, 0.2) is 0 Å². The molecule has 2 heterocycles. The van der Waals surface area contributed by atoms with Gasteiger partial charge in [-0.15, -0.1) is 11.3 Å². The zero-order chi connectivity index (χ0) is 13.7. The Labute approximate surface area is 121 Å². The van der Waals surface area contributed by atoms with Crippen molar-refractivity contribution in [1.29, 1.82) is 0 Å². The van der Waals surface area contributed by atoms with Crippen LogP contribution in [0.15, 0.2) is 17.1 Å². The molecule has 0 fully saturated rings. The first-order valence-electron chi connectivity index (χ1n) is 6.09. The van der Waals surface area contributed by atoms with Gasteiger partial charge in [0.1, 0.15) is 0 Å². The predicted octanol–water partition coefficient (Wildman–Crippen LogP) is 2.34. The van der Waals surface area contributed by atoms with E-state index in [1.54, 1.807) is 24.6 Å². The number of halogens is 1. The molecule has 1 unspecified atom stereocenters. The van der Waals surface area contributed by atoms with Crippen LogP contribution < -0.4 is 5.32 Å². The first-order valence-corrected chi connectivity index (χ1v) is 7.41. The van der Waals surface area contributed by atoms with Gasteiger partial charge < -0.3 is 10.1 Å². The molecule has 2 aromatic heterocycles. The molecule has 0 spiro atoms. The van der Waals surface area contributed by atoms with Gasteiger partial charge in [-0.1, -0.05) is 18.5 Å². The van der Waals surface area contributed by atoms with Crippen LogP contribution in [-0.4, -0.2) is 35.0 Å². The molecule has 5 nitrogen and oxygen atoms in total. The molecule has 0 aromatic carbocycles. The van der Waals surface area contributed by atoms with E-state index >= 15 is 0 Å². The summed E-state index contributed by atoms with van der Waals surface area (Å²) >= 11 is 7.85. The maximum atomic E-state index is 6.28. The molecular formula is C12H17ClN4OS. The van der Waals surface area contributed by atoms with Gasteiger partial charge in [-0.2, -0.15) is 5.10 Å². The van der Waals surface area contributed by atoms with Crippen molar-refractivity contribution in [3.63, 3.8) is 0 Å². The zero-order valence-electron chi connectivity index (χ0n) is 11.0. The van der Waals surface area contributed by atoms with Crippen LogP contribution >= 0.6 is 22.9 Å². The van der Waals surface area contributed by atoms with Gasteiger partial charge >= 0.3 is 0 Å². The standard InChI is InChI=1S/C12H17ClN4OS/c1-3-14-11(10-7-19-8-15-10)12-9(13)6-16-17(12)4-5-18-2/h6-8,11,14H,3-5H2,1-2H3. The molecule has 2 rings (SSSR count). The van der Waals surface area contributed by atoms with Gasteiger partial charge in [0, 0.05) is 12.5 Å². The number of ether oxygens (including phenoxy) is 1. The summed E-state index contributed by atoms with van der Waals surface area (Å²) in [5.41, 5.74) is 3.73. The van der Waals surface area contributed by atoms with Crippen molar-refractivity contribution in [2.75, 3.05) is 20.3 Å². The average molecular weight is 301 g/mol. The van der Waals surface area contributed by atoms with Gasteiger partial charge in [-0.05, 0) is 6.54 Å². The Balaban J connectivity index is 2.33. The fourth-order valence-corrected chi connectivity index (χ4v) is 2.75. The lowest BCUT2D eigenvalue weighted by Crippen LogP contribution is -2.26. The second kappa shape index (κ2) is 7.00. The number of nitrogens with zero attached hydrogens (tertiary/aromatic N) is 3. The monoisotopic (exact) mass is 300 g/mol. The highest BCUT2D eigenvalue weighted by atomic mass is 35.5. The summed E-state index contributed by atoms with van der Waals surface area (Å²) in [6, 6.07) is -0.0388. The third-order valence-corrected chi connectivity index (χ3v) is 3.67. The maximum Gasteiger partial charge on any atom is 0.0945 e. The smallest absolute Gasteiger partial charge is 0.0945 e. The molecule has 2 aromatic rings. The molecule has 1 atom stereocenters. The summed E-state index contributed by atoms with van der Waals surface area (Å²) in [4.78, 5) is 4.38. The number of nitrogens with one attached hydrogen (secondary N) is 1. The quantitative estimate of drug-likeness (QED) is 0.853. The van der Waals surface area contributed by atoms with E-state index in [2.05, 4.69) is 22.3 Å². The normalized spacial score (nSPS) is 12.8. The van der Waals surface area contributed by atoms with Crippen molar-refractivity contribution in [1.82, 2.24) is 20.1 Å². The number of hydrogen-bond acceptors (Lipinski definition) is 5. The van der Waals surface area contributed by atoms with Crippen molar-refractivity contribution in [2.45, 2.75) is 19.5 Å². The number of hydrogen-bond donors (Lipinski definition) is 1. The molecule has 0 radical (unpaired) electrons. The summed E-state index contributed by atoms with van der Waals surface area (Å²) in [7, 11) is 1.67. The molecule has 0 aliphatic carbocycles. The van der Waals surface area contributed by atoms with E-state index in [9.17, 15) is 0 Å². The number of methoxy groups -OCH3 is 1. The van der Waals surface area contributed by atoms with Gasteiger partial charge in [-0.25, -0.2) is 4.98 Å². The molecular weight excluding hydrogens is 284 g/mol. The summed E-state index contributed by atoms with van der Waals surface area (Å²) in [5.74, 6) is 0. The fourth-order valence-electron chi connectivity index (χ4n) is 1.92. The Hall–Kier alpha value is -0.950. The van der Waals surface area contributed by atoms with Gasteiger partial charge in [0.2, 0.25) is 0 Å². The second-order valence-electron chi connectivity index (χ2n) is 4.00. The number of aromatic nitrogens is 3. The molecule has 0 aliphatic heterocycles. The van der Waals surface area contributed by atoms with Crippen LogP contribution in [0.5, 0.6) is 0 Å². The summed E-state index contributed by atoms with van der Waals surface area (Å²) in [6.45, 7) is 4.16. The van der Waals surface area contributed by atoms with E-state index in [0.717, 1.165) is 17.9 Å². The van der Waals surface area contributed by atoms with Crippen LogP contribution in [0, 0.1) is 0 Å². The highest BCUT2D eigenvalue weighted by Crippen LogP contribution is 2.28. The van der Waals surface area contributed by atoms with Crippen LogP contribution in [0.4, 0.5) is 0 Å². The third-order valence-electron chi connectivity index (χ3n) is 2.77. The molecule has 0 saturated heterocycles. The summed E-state index contributed by atoms with van der Waals surface area (Å²) in [5, 5.41) is 10.4. The zero-order valence-corrected chi connectivity index (χ0v) is 12.5. The average Bonchev–Trinajstić information content (AvgIpc) is 3.04. The molecule has 19 heavy (non-hydrogen) atoms. The Morgan fingerprint density at radius 2 is 2.42 bits per heavy atom. The first-order chi connectivity index (χ1) is 9.27. The first kappa shape index (κ1) is 14.5. The number of thiazole rings is 1. The van der Waals surface area contributed by atoms with Gasteiger partial charge in [0.05, 0.1) is 47.3 Å². The van der Waals surface area contributed by atoms with Crippen molar-refractivity contribution in [3.8, 4) is 0 Å². The van der Waals surface area contributed by atoms with Crippen molar-refractivity contribution in [2.24, 2.45) is 0 Å². The van der Waals surface area contributed by atoms with Gasteiger partial charge in [-0.3, -0.25) is 4.68 Å². The third kappa shape index (κ3) is 3.33. The summed E-state index contributed by atoms with van der Waals surface area (Å²) < 4.78 is 6.98. The molecule has 104 valence electrons. The van der Waals surface area contributed by atoms with E-state index in [0.29, 0.717) is 18.2 Å². The highest BCUT2D eigenvalue weighted by Gasteiger charge is 2.22. The largest absolute Gasteiger partial charge is 0.383 e. The van der Waals surface area contributed by atoms with E-state index < -0.39 is 0 Å². The minimum atomic E-state index is -0.0388. The van der Waals surface area contributed by atoms with E-state index in [4.69, 9.17) is 16.3 Å².